The molecule has 18 heavy (non-hydrogen) atoms. The van der Waals surface area contributed by atoms with Gasteiger partial charge in [0.15, 0.2) is 0 Å². The third-order valence-electron chi connectivity index (χ3n) is 2.39. The van der Waals surface area contributed by atoms with Gasteiger partial charge in [-0.15, -0.1) is 0 Å². The van der Waals surface area contributed by atoms with Gasteiger partial charge >= 0.3 is 5.97 Å². The number of thioether (sulfide) groups is 1. The number of rotatable bonds is 7. The molecule has 0 aromatic heterocycles. The van der Waals surface area contributed by atoms with Gasteiger partial charge in [-0.2, -0.15) is 11.8 Å². The number of halogens is 1. The molecule has 1 aromatic rings. The molecule has 100 valence electrons. The lowest BCUT2D eigenvalue weighted by Crippen LogP contribution is -2.30. The molecule has 6 heteroatoms. The van der Waals surface area contributed by atoms with Gasteiger partial charge in [-0.3, -0.25) is 4.79 Å². The fraction of sp³-hybridized carbons (Fsp3) is 0.417. The molecular weight excluding hydrogens is 257 g/mol. The molecule has 0 amide bonds. The Morgan fingerprint density at radius 2 is 2.33 bits per heavy atom. The van der Waals surface area contributed by atoms with E-state index in [2.05, 4.69) is 0 Å². The first kappa shape index (κ1) is 14.8. The molecule has 3 N–H and O–H groups in total. The van der Waals surface area contributed by atoms with Crippen molar-refractivity contribution in [3.8, 4) is 5.75 Å². The summed E-state index contributed by atoms with van der Waals surface area (Å²) >= 11 is 1.50. The number of carboxylic acid groups (broad SMARTS) is 1. The van der Waals surface area contributed by atoms with Crippen LogP contribution in [0.2, 0.25) is 0 Å². The Morgan fingerprint density at radius 3 is 2.94 bits per heavy atom. The Labute approximate surface area is 109 Å². The van der Waals surface area contributed by atoms with Gasteiger partial charge in [-0.05, 0) is 30.4 Å². The van der Waals surface area contributed by atoms with Crippen molar-refractivity contribution in [3.05, 3.63) is 29.6 Å². The molecule has 0 aliphatic rings. The summed E-state index contributed by atoms with van der Waals surface area (Å²) in [6.07, 6.45) is 0.387. The number of hydrogen-bond donors (Lipinski definition) is 2. The van der Waals surface area contributed by atoms with Crippen LogP contribution in [0, 0.1) is 5.82 Å². The molecule has 1 aromatic carbocycles. The highest BCUT2D eigenvalue weighted by molar-refractivity contribution is 7.98. The van der Waals surface area contributed by atoms with E-state index >= 15 is 0 Å². The monoisotopic (exact) mass is 273 g/mol. The minimum atomic E-state index is -1.00. The summed E-state index contributed by atoms with van der Waals surface area (Å²) in [7, 11) is 1.53. The lowest BCUT2D eigenvalue weighted by atomic mass is 10.2. The van der Waals surface area contributed by atoms with E-state index in [9.17, 15) is 9.18 Å². The van der Waals surface area contributed by atoms with Crippen LogP contribution in [-0.4, -0.2) is 30.0 Å². The predicted octanol–water partition coefficient (Wildman–Crippen LogP) is 1.87. The number of hydrogen-bond acceptors (Lipinski definition) is 4. The van der Waals surface area contributed by atoms with Crippen LogP contribution in [0.15, 0.2) is 18.2 Å². The Kier molecular flexibility index (Phi) is 5.94. The van der Waals surface area contributed by atoms with Crippen LogP contribution in [0.25, 0.3) is 0 Å². The summed E-state index contributed by atoms with van der Waals surface area (Å²) in [6, 6.07) is 3.50. The summed E-state index contributed by atoms with van der Waals surface area (Å²) in [5.74, 6) is 0.486. The standard InChI is InChI=1S/C12H16FNO3S/c1-17-11-3-2-9(13)6-8(11)7-18-5-4-10(14)12(15)16/h2-3,6,10H,4-5,7,14H2,1H3,(H,15,16). The molecule has 0 fully saturated rings. The number of aliphatic carboxylic acids is 1. The quantitative estimate of drug-likeness (QED) is 0.742. The Bertz CT molecular complexity index is 414. The van der Waals surface area contributed by atoms with Crippen LogP contribution in [0.4, 0.5) is 4.39 Å². The zero-order chi connectivity index (χ0) is 13.5. The topological polar surface area (TPSA) is 72.5 Å². The fourth-order valence-corrected chi connectivity index (χ4v) is 2.39. The van der Waals surface area contributed by atoms with Crippen LogP contribution < -0.4 is 10.5 Å². The van der Waals surface area contributed by atoms with Crippen molar-refractivity contribution >= 4 is 17.7 Å². The highest BCUT2D eigenvalue weighted by atomic mass is 32.2. The molecule has 0 spiro atoms. The van der Waals surface area contributed by atoms with Gasteiger partial charge in [0, 0.05) is 11.3 Å². The third kappa shape index (κ3) is 4.54. The molecule has 1 atom stereocenters. The van der Waals surface area contributed by atoms with Crippen LogP contribution in [0.5, 0.6) is 5.75 Å². The van der Waals surface area contributed by atoms with E-state index in [4.69, 9.17) is 15.6 Å². The second-order valence-corrected chi connectivity index (χ2v) is 4.85. The van der Waals surface area contributed by atoms with Crippen LogP contribution in [0.1, 0.15) is 12.0 Å². The second-order valence-electron chi connectivity index (χ2n) is 3.74. The average Bonchev–Trinajstić information content (AvgIpc) is 2.34. The highest BCUT2D eigenvalue weighted by Gasteiger charge is 2.11. The van der Waals surface area contributed by atoms with E-state index < -0.39 is 12.0 Å². The number of benzene rings is 1. The highest BCUT2D eigenvalue weighted by Crippen LogP contribution is 2.24. The molecule has 0 aliphatic heterocycles. The number of carbonyl (C=O) groups is 1. The number of methoxy groups -OCH3 is 1. The van der Waals surface area contributed by atoms with E-state index in [1.165, 1.54) is 31.0 Å². The number of nitrogens with two attached hydrogens (primary N) is 1. The Hall–Kier alpha value is -1.27. The average molecular weight is 273 g/mol. The molecule has 0 radical (unpaired) electrons. The van der Waals surface area contributed by atoms with Gasteiger partial charge in [0.2, 0.25) is 0 Å². The van der Waals surface area contributed by atoms with Crippen molar-refractivity contribution in [1.29, 1.82) is 0 Å². The van der Waals surface area contributed by atoms with E-state index in [1.54, 1.807) is 6.07 Å². The zero-order valence-electron chi connectivity index (χ0n) is 10.1. The zero-order valence-corrected chi connectivity index (χ0v) is 10.9. The first-order chi connectivity index (χ1) is 8.54. The van der Waals surface area contributed by atoms with Crippen molar-refractivity contribution in [2.45, 2.75) is 18.2 Å². The van der Waals surface area contributed by atoms with Gasteiger partial charge in [0.1, 0.15) is 17.6 Å². The Morgan fingerprint density at radius 1 is 1.61 bits per heavy atom. The van der Waals surface area contributed by atoms with E-state index in [-0.39, 0.29) is 5.82 Å². The lowest BCUT2D eigenvalue weighted by Gasteiger charge is -2.09. The van der Waals surface area contributed by atoms with E-state index in [1.807, 2.05) is 0 Å². The van der Waals surface area contributed by atoms with Gasteiger partial charge in [0.25, 0.3) is 0 Å². The molecule has 1 unspecified atom stereocenters. The van der Waals surface area contributed by atoms with Gasteiger partial charge in [-0.25, -0.2) is 4.39 Å². The maximum Gasteiger partial charge on any atom is 0.320 e. The van der Waals surface area contributed by atoms with E-state index in [0.717, 1.165) is 5.56 Å². The first-order valence-electron chi connectivity index (χ1n) is 5.43. The molecule has 0 heterocycles. The van der Waals surface area contributed by atoms with Crippen molar-refractivity contribution in [2.75, 3.05) is 12.9 Å². The maximum atomic E-state index is 13.1. The van der Waals surface area contributed by atoms with Crippen LogP contribution in [-0.2, 0) is 10.5 Å². The SMILES string of the molecule is COc1ccc(F)cc1CSCCC(N)C(=O)O. The molecular formula is C12H16FNO3S. The summed E-state index contributed by atoms with van der Waals surface area (Å²) in [5, 5.41) is 8.61. The minimum Gasteiger partial charge on any atom is -0.496 e. The van der Waals surface area contributed by atoms with Crippen LogP contribution >= 0.6 is 11.8 Å². The summed E-state index contributed by atoms with van der Waals surface area (Å²) in [5.41, 5.74) is 6.13. The van der Waals surface area contributed by atoms with Gasteiger partial charge < -0.3 is 15.6 Å². The van der Waals surface area contributed by atoms with Crippen molar-refractivity contribution in [1.82, 2.24) is 0 Å². The smallest absolute Gasteiger partial charge is 0.320 e. The molecule has 1 rings (SSSR count). The third-order valence-corrected chi connectivity index (χ3v) is 3.43. The van der Waals surface area contributed by atoms with Gasteiger partial charge in [0.05, 0.1) is 7.11 Å². The Balaban J connectivity index is 2.43. The molecule has 0 saturated heterocycles. The second kappa shape index (κ2) is 7.23. The fourth-order valence-electron chi connectivity index (χ4n) is 1.38. The molecule has 4 nitrogen and oxygen atoms in total. The number of carboxylic acids is 1. The largest absolute Gasteiger partial charge is 0.496 e. The molecule has 0 aliphatic carbocycles. The summed E-state index contributed by atoms with van der Waals surface area (Å²) in [6.45, 7) is 0. The van der Waals surface area contributed by atoms with Crippen LogP contribution in [0.3, 0.4) is 0 Å². The number of ether oxygens (including phenoxy) is 1. The molecule has 0 bridgehead atoms. The van der Waals surface area contributed by atoms with Crippen molar-refractivity contribution in [2.24, 2.45) is 5.73 Å². The summed E-state index contributed by atoms with van der Waals surface area (Å²) in [4.78, 5) is 10.5. The van der Waals surface area contributed by atoms with Crippen molar-refractivity contribution in [3.63, 3.8) is 0 Å². The minimum absolute atomic E-state index is 0.311. The normalized spacial score (nSPS) is 12.2. The van der Waals surface area contributed by atoms with E-state index in [0.29, 0.717) is 23.7 Å². The first-order valence-corrected chi connectivity index (χ1v) is 6.58. The predicted molar refractivity (Wildman–Crippen MR) is 69.3 cm³/mol. The van der Waals surface area contributed by atoms with Gasteiger partial charge in [-0.1, -0.05) is 0 Å². The van der Waals surface area contributed by atoms with Crippen molar-refractivity contribution < 1.29 is 19.0 Å². The lowest BCUT2D eigenvalue weighted by molar-refractivity contribution is -0.138. The summed E-state index contributed by atoms with van der Waals surface area (Å²) < 4.78 is 18.2. The maximum absolute atomic E-state index is 13.1. The molecule has 0 saturated carbocycles.